The Morgan fingerprint density at radius 3 is 2.78 bits per heavy atom. The van der Waals surface area contributed by atoms with Gasteiger partial charge in [-0.3, -0.25) is 4.79 Å². The molecule has 0 spiro atoms. The molecule has 0 unspecified atom stereocenters. The molecule has 0 saturated heterocycles. The van der Waals surface area contributed by atoms with Crippen LogP contribution in [0.15, 0.2) is 45.9 Å². The predicted molar refractivity (Wildman–Crippen MR) is 115 cm³/mol. The Morgan fingerprint density at radius 2 is 2.07 bits per heavy atom. The maximum atomic E-state index is 12.9. The number of hydrogen-bond acceptors (Lipinski definition) is 5. The summed E-state index contributed by atoms with van der Waals surface area (Å²) < 4.78 is 14.8. The molecule has 3 aromatic rings. The van der Waals surface area contributed by atoms with Gasteiger partial charge in [-0.2, -0.15) is 16.8 Å². The lowest BCUT2D eigenvalue weighted by atomic mass is 10.2. The van der Waals surface area contributed by atoms with Crippen molar-refractivity contribution in [3.63, 3.8) is 0 Å². The number of para-hydroxylation sites is 1. The van der Waals surface area contributed by atoms with E-state index in [1.54, 1.807) is 37.1 Å². The van der Waals surface area contributed by atoms with Crippen LogP contribution in [0.5, 0.6) is 11.5 Å². The lowest BCUT2D eigenvalue weighted by Crippen LogP contribution is -2.18. The van der Waals surface area contributed by atoms with E-state index in [0.29, 0.717) is 21.9 Å². The van der Waals surface area contributed by atoms with Gasteiger partial charge in [-0.1, -0.05) is 33.3 Å². The summed E-state index contributed by atoms with van der Waals surface area (Å²) in [4.78, 5) is 18.0. The van der Waals surface area contributed by atoms with E-state index >= 15 is 0 Å². The number of ether oxygens (including phenoxy) is 2. The van der Waals surface area contributed by atoms with Crippen molar-refractivity contribution in [2.24, 2.45) is 4.99 Å². The Kier molecular flexibility index (Phi) is 6.62. The van der Waals surface area contributed by atoms with E-state index in [0.717, 1.165) is 27.0 Å². The molecule has 1 heterocycles. The highest BCUT2D eigenvalue weighted by Crippen LogP contribution is 2.31. The van der Waals surface area contributed by atoms with E-state index in [-0.39, 0.29) is 5.91 Å². The van der Waals surface area contributed by atoms with Crippen LogP contribution in [0.4, 0.5) is 0 Å². The van der Waals surface area contributed by atoms with Crippen LogP contribution in [-0.4, -0.2) is 36.7 Å². The number of aryl methyl sites for hydroxylation is 1. The van der Waals surface area contributed by atoms with Crippen molar-refractivity contribution in [2.45, 2.75) is 6.54 Å². The highest BCUT2D eigenvalue weighted by molar-refractivity contribution is 9.10. The minimum atomic E-state index is -0.353. The van der Waals surface area contributed by atoms with Gasteiger partial charge < -0.3 is 14.0 Å². The topological polar surface area (TPSA) is 52.8 Å². The zero-order valence-electron chi connectivity index (χ0n) is 15.2. The van der Waals surface area contributed by atoms with Gasteiger partial charge in [0.15, 0.2) is 16.3 Å². The Bertz CT molecular complexity index is 1040. The minimum absolute atomic E-state index is 0.353. The number of benzene rings is 2. The summed E-state index contributed by atoms with van der Waals surface area (Å²) in [6, 6.07) is 11.3. The first-order valence-corrected chi connectivity index (χ1v) is 11.2. The number of fused-ring (bicyclic) bond motifs is 1. The summed E-state index contributed by atoms with van der Waals surface area (Å²) in [6.45, 7) is 0.782. The van der Waals surface area contributed by atoms with Crippen LogP contribution in [-0.2, 0) is 6.54 Å². The van der Waals surface area contributed by atoms with Gasteiger partial charge in [0.05, 0.1) is 30.0 Å². The smallest absolute Gasteiger partial charge is 0.283 e. The van der Waals surface area contributed by atoms with Crippen LogP contribution in [0.25, 0.3) is 10.2 Å². The molecule has 0 radical (unpaired) electrons. The number of carbonyl (C=O) groups excluding carboxylic acids is 1. The van der Waals surface area contributed by atoms with Gasteiger partial charge in [-0.05, 0) is 36.6 Å². The van der Waals surface area contributed by atoms with Crippen molar-refractivity contribution in [2.75, 3.05) is 26.2 Å². The highest BCUT2D eigenvalue weighted by Gasteiger charge is 2.17. The number of halogens is 1. The number of amides is 1. The number of aromatic nitrogens is 1. The summed E-state index contributed by atoms with van der Waals surface area (Å²) in [5.74, 6) is 1.49. The summed E-state index contributed by atoms with van der Waals surface area (Å²) >= 11 is 6.76. The van der Waals surface area contributed by atoms with Crippen LogP contribution < -0.4 is 14.3 Å². The SMILES string of the molecule is COc1cccc(C(=O)N=c2sc3cc(Br)ccc3n2CCSC)c1OC. The van der Waals surface area contributed by atoms with E-state index in [1.807, 2.05) is 18.2 Å². The minimum Gasteiger partial charge on any atom is -0.493 e. The second kappa shape index (κ2) is 8.95. The molecule has 0 aliphatic rings. The maximum Gasteiger partial charge on any atom is 0.283 e. The predicted octanol–water partition coefficient (Wildman–Crippen LogP) is 4.59. The zero-order valence-corrected chi connectivity index (χ0v) is 18.4. The molecule has 0 atom stereocenters. The monoisotopic (exact) mass is 466 g/mol. The quantitative estimate of drug-likeness (QED) is 0.533. The molecule has 0 aliphatic carbocycles. The van der Waals surface area contributed by atoms with Crippen molar-refractivity contribution < 1.29 is 14.3 Å². The zero-order chi connectivity index (χ0) is 19.4. The summed E-state index contributed by atoms with van der Waals surface area (Å²) in [5, 5.41) is 0. The van der Waals surface area contributed by atoms with Gasteiger partial charge in [0, 0.05) is 16.8 Å². The summed E-state index contributed by atoms with van der Waals surface area (Å²) in [7, 11) is 3.06. The average molecular weight is 467 g/mol. The third-order valence-corrected chi connectivity index (χ3v) is 6.12. The average Bonchev–Trinajstić information content (AvgIpc) is 3.01. The van der Waals surface area contributed by atoms with Gasteiger partial charge >= 0.3 is 0 Å². The van der Waals surface area contributed by atoms with E-state index in [1.165, 1.54) is 18.4 Å². The third-order valence-electron chi connectivity index (χ3n) is 3.99. The Balaban J connectivity index is 2.14. The molecule has 27 heavy (non-hydrogen) atoms. The molecule has 1 amide bonds. The number of carbonyl (C=O) groups is 1. The Labute approximate surface area is 174 Å². The van der Waals surface area contributed by atoms with Crippen molar-refractivity contribution in [1.29, 1.82) is 0 Å². The summed E-state index contributed by atoms with van der Waals surface area (Å²) in [6.07, 6.45) is 2.06. The third kappa shape index (κ3) is 4.23. The highest BCUT2D eigenvalue weighted by atomic mass is 79.9. The summed E-state index contributed by atoms with van der Waals surface area (Å²) in [5.41, 5.74) is 1.45. The maximum absolute atomic E-state index is 12.9. The van der Waals surface area contributed by atoms with E-state index in [4.69, 9.17) is 9.47 Å². The number of rotatable bonds is 6. The fraction of sp³-hybridized carbons (Fsp3) is 0.263. The number of thioether (sulfide) groups is 1. The van der Waals surface area contributed by atoms with Crippen molar-refractivity contribution in [3.05, 3.63) is 51.2 Å². The fourth-order valence-electron chi connectivity index (χ4n) is 2.73. The number of thiazole rings is 1. The van der Waals surface area contributed by atoms with Gasteiger partial charge in [-0.15, -0.1) is 0 Å². The van der Waals surface area contributed by atoms with Gasteiger partial charge in [0.25, 0.3) is 5.91 Å². The molecule has 8 heteroatoms. The van der Waals surface area contributed by atoms with E-state index < -0.39 is 0 Å². The molecular formula is C19H19BrN2O3S2. The molecule has 0 bridgehead atoms. The lowest BCUT2D eigenvalue weighted by Gasteiger charge is -2.10. The van der Waals surface area contributed by atoms with E-state index in [9.17, 15) is 4.79 Å². The fourth-order valence-corrected chi connectivity index (χ4v) is 4.71. The molecule has 2 aromatic carbocycles. The lowest BCUT2D eigenvalue weighted by molar-refractivity contribution is 0.0994. The molecular weight excluding hydrogens is 448 g/mol. The van der Waals surface area contributed by atoms with Gasteiger partial charge in [0.2, 0.25) is 0 Å². The van der Waals surface area contributed by atoms with Crippen molar-refractivity contribution in [3.8, 4) is 11.5 Å². The largest absolute Gasteiger partial charge is 0.493 e. The van der Waals surface area contributed by atoms with Crippen LogP contribution in [0.1, 0.15) is 10.4 Å². The first-order valence-electron chi connectivity index (χ1n) is 8.17. The molecule has 3 rings (SSSR count). The second-order valence-electron chi connectivity index (χ2n) is 5.60. The van der Waals surface area contributed by atoms with Crippen LogP contribution >= 0.6 is 39.0 Å². The van der Waals surface area contributed by atoms with Gasteiger partial charge in [0.1, 0.15) is 0 Å². The van der Waals surface area contributed by atoms with Crippen LogP contribution in [0.3, 0.4) is 0 Å². The first kappa shape index (κ1) is 20.0. The first-order chi connectivity index (χ1) is 13.1. The molecule has 5 nitrogen and oxygen atoms in total. The second-order valence-corrected chi connectivity index (χ2v) is 8.51. The van der Waals surface area contributed by atoms with Crippen molar-refractivity contribution >= 4 is 55.2 Å². The normalized spacial score (nSPS) is 11.8. The Hall–Kier alpha value is -1.77. The van der Waals surface area contributed by atoms with Gasteiger partial charge in [-0.25, -0.2) is 0 Å². The molecule has 0 aliphatic heterocycles. The van der Waals surface area contributed by atoms with E-state index in [2.05, 4.69) is 31.7 Å². The number of hydrogen-bond donors (Lipinski definition) is 0. The molecule has 0 saturated carbocycles. The molecule has 0 fully saturated rings. The standard InChI is InChI=1S/C19H19BrN2O3S2/c1-24-15-6-4-5-13(17(15)25-2)18(23)21-19-22(9-10-26-3)14-8-7-12(20)11-16(14)27-19/h4-8,11H,9-10H2,1-3H3. The van der Waals surface area contributed by atoms with Crippen LogP contribution in [0.2, 0.25) is 0 Å². The van der Waals surface area contributed by atoms with Crippen molar-refractivity contribution in [1.82, 2.24) is 4.57 Å². The molecule has 0 N–H and O–H groups in total. The number of nitrogens with zero attached hydrogens (tertiary/aromatic N) is 2. The Morgan fingerprint density at radius 1 is 1.26 bits per heavy atom. The molecule has 1 aromatic heterocycles. The van der Waals surface area contributed by atoms with Crippen LogP contribution in [0, 0.1) is 0 Å². The molecule has 142 valence electrons. The number of methoxy groups -OCH3 is 2.